The lowest BCUT2D eigenvalue weighted by Crippen LogP contribution is -2.22. The van der Waals surface area contributed by atoms with E-state index in [2.05, 4.69) is 30.5 Å². The Bertz CT molecular complexity index is 1330. The molecule has 1 aromatic carbocycles. The average molecular weight is 463 g/mol. The minimum atomic E-state index is -0.413. The van der Waals surface area contributed by atoms with Crippen LogP contribution < -0.4 is 5.32 Å². The second-order valence-corrected chi connectivity index (χ2v) is 9.14. The third-order valence-electron chi connectivity index (χ3n) is 5.49. The van der Waals surface area contributed by atoms with Gasteiger partial charge in [-0.25, -0.2) is 14.4 Å². The highest BCUT2D eigenvalue weighted by molar-refractivity contribution is 5.95. The molecule has 0 saturated heterocycles. The van der Waals surface area contributed by atoms with Crippen LogP contribution in [0, 0.1) is 12.7 Å². The Balaban J connectivity index is 1.48. The third-order valence-corrected chi connectivity index (χ3v) is 5.49. The Morgan fingerprint density at radius 2 is 1.91 bits per heavy atom. The number of benzene rings is 1. The van der Waals surface area contributed by atoms with Gasteiger partial charge in [-0.05, 0) is 51.3 Å². The zero-order valence-electron chi connectivity index (χ0n) is 19.9. The molecule has 1 N–H and O–H groups in total. The number of nitrogens with one attached hydrogen (secondary N) is 1. The summed E-state index contributed by atoms with van der Waals surface area (Å²) >= 11 is 0. The molecule has 3 aromatic heterocycles. The summed E-state index contributed by atoms with van der Waals surface area (Å²) in [5.74, 6) is 0.0757. The van der Waals surface area contributed by atoms with Crippen molar-refractivity contribution in [3.05, 3.63) is 65.8 Å². The maximum absolute atomic E-state index is 15.3. The van der Waals surface area contributed by atoms with E-state index in [9.17, 15) is 4.79 Å². The van der Waals surface area contributed by atoms with E-state index in [1.807, 2.05) is 26.8 Å². The van der Waals surface area contributed by atoms with Gasteiger partial charge in [0.2, 0.25) is 5.95 Å². The van der Waals surface area contributed by atoms with E-state index in [0.29, 0.717) is 29.2 Å². The number of Topliss-reactive ketones (excluding diaryl/α,β-unsaturated/α-hetero) is 1. The fraction of sp³-hybridized carbons (Fsp3) is 0.333. The number of carbonyl (C=O) groups excluding carboxylic acids is 1. The Morgan fingerprint density at radius 1 is 1.12 bits per heavy atom. The van der Waals surface area contributed by atoms with Crippen molar-refractivity contribution in [2.45, 2.75) is 46.1 Å². The molecule has 0 amide bonds. The van der Waals surface area contributed by atoms with Gasteiger partial charge in [0, 0.05) is 25.9 Å². The second kappa shape index (κ2) is 9.12. The molecule has 0 unspecified atom stereocenters. The molecule has 176 valence electrons. The molecular weight excluding hydrogens is 435 g/mol. The largest absolute Gasteiger partial charge is 0.321 e. The summed E-state index contributed by atoms with van der Waals surface area (Å²) in [7, 11) is 1.80. The van der Waals surface area contributed by atoms with Gasteiger partial charge in [-0.1, -0.05) is 6.07 Å². The smallest absolute Gasteiger partial charge is 0.230 e. The molecule has 0 atom stereocenters. The Kier molecular flexibility index (Phi) is 6.23. The third kappa shape index (κ3) is 5.00. The van der Waals surface area contributed by atoms with Crippen LogP contribution in [0.3, 0.4) is 0 Å². The number of ketones is 1. The van der Waals surface area contributed by atoms with Crippen LogP contribution in [0.15, 0.2) is 43.2 Å². The van der Waals surface area contributed by atoms with Gasteiger partial charge >= 0.3 is 0 Å². The number of hydrogen-bond donors (Lipinski definition) is 1. The highest BCUT2D eigenvalue weighted by Crippen LogP contribution is 2.26. The Hall–Kier alpha value is -3.95. The topological polar surface area (TPSA) is 103 Å². The summed E-state index contributed by atoms with van der Waals surface area (Å²) < 4.78 is 18.7. The number of nitrogens with zero attached hydrogens (tertiary/aromatic N) is 7. The predicted molar refractivity (Wildman–Crippen MR) is 126 cm³/mol. The van der Waals surface area contributed by atoms with Crippen LogP contribution in [0.4, 0.5) is 16.0 Å². The van der Waals surface area contributed by atoms with Crippen molar-refractivity contribution < 1.29 is 9.18 Å². The number of carbonyl (C=O) groups is 1. The van der Waals surface area contributed by atoms with Crippen LogP contribution in [-0.2, 0) is 19.0 Å². The molecule has 3 heterocycles. The van der Waals surface area contributed by atoms with Gasteiger partial charge in [0.15, 0.2) is 11.6 Å². The van der Waals surface area contributed by atoms with Gasteiger partial charge in [-0.3, -0.25) is 14.2 Å². The minimum absolute atomic E-state index is 0.0250. The molecule has 34 heavy (non-hydrogen) atoms. The van der Waals surface area contributed by atoms with E-state index in [1.165, 1.54) is 6.33 Å². The van der Waals surface area contributed by atoms with Crippen LogP contribution >= 0.6 is 0 Å². The summed E-state index contributed by atoms with van der Waals surface area (Å²) in [5, 5.41) is 11.4. The van der Waals surface area contributed by atoms with Crippen molar-refractivity contribution in [1.29, 1.82) is 0 Å². The van der Waals surface area contributed by atoms with Crippen LogP contribution in [-0.4, -0.2) is 40.3 Å². The average Bonchev–Trinajstić information content (AvgIpc) is 3.44. The number of rotatable bonds is 7. The summed E-state index contributed by atoms with van der Waals surface area (Å²) in [5.41, 5.74) is 2.58. The first-order valence-corrected chi connectivity index (χ1v) is 10.9. The summed E-state index contributed by atoms with van der Waals surface area (Å²) in [6.45, 7) is 7.76. The van der Waals surface area contributed by atoms with E-state index in [0.717, 1.165) is 5.56 Å². The van der Waals surface area contributed by atoms with Gasteiger partial charge in [0.25, 0.3) is 0 Å². The molecule has 4 rings (SSSR count). The number of aryl methyl sites for hydroxylation is 2. The van der Waals surface area contributed by atoms with Gasteiger partial charge in [-0.15, -0.1) is 0 Å². The lowest BCUT2D eigenvalue weighted by molar-refractivity contribution is 0.0982. The van der Waals surface area contributed by atoms with E-state index in [-0.39, 0.29) is 29.1 Å². The first-order chi connectivity index (χ1) is 16.1. The Morgan fingerprint density at radius 3 is 2.59 bits per heavy atom. The molecule has 0 aliphatic heterocycles. The van der Waals surface area contributed by atoms with E-state index in [4.69, 9.17) is 0 Å². The maximum atomic E-state index is 15.3. The van der Waals surface area contributed by atoms with E-state index >= 15 is 4.39 Å². The minimum Gasteiger partial charge on any atom is -0.321 e. The van der Waals surface area contributed by atoms with Gasteiger partial charge < -0.3 is 5.32 Å². The molecule has 9 nitrogen and oxygen atoms in total. The molecule has 0 bridgehead atoms. The second-order valence-electron chi connectivity index (χ2n) is 9.14. The predicted octanol–water partition coefficient (Wildman–Crippen LogP) is 4.23. The molecular formula is C24H27FN8O. The number of halogens is 1. The summed E-state index contributed by atoms with van der Waals surface area (Å²) in [6.07, 6.45) is 8.78. The quantitative estimate of drug-likeness (QED) is 0.410. The van der Waals surface area contributed by atoms with Crippen molar-refractivity contribution in [3.8, 4) is 11.4 Å². The zero-order valence-corrected chi connectivity index (χ0v) is 19.9. The standard InChI is InChI=1S/C24H27FN8O/c1-15-16(7-9-20(34)17-10-29-33(12-17)24(2,3)4)6-8-19(21(15)25)22-26-14-27-23(31-22)30-18-11-28-32(5)13-18/h6,8,10-14H,7,9H2,1-5H3,(H,26,27,30,31). The van der Waals surface area contributed by atoms with Crippen LogP contribution in [0.1, 0.15) is 48.7 Å². The first-order valence-electron chi connectivity index (χ1n) is 10.9. The lowest BCUT2D eigenvalue weighted by Gasteiger charge is -2.18. The van der Waals surface area contributed by atoms with Crippen LogP contribution in [0.5, 0.6) is 0 Å². The number of anilines is 2. The van der Waals surface area contributed by atoms with E-state index < -0.39 is 5.82 Å². The fourth-order valence-corrected chi connectivity index (χ4v) is 3.50. The number of hydrogen-bond acceptors (Lipinski definition) is 7. The molecule has 0 aliphatic carbocycles. The fourth-order valence-electron chi connectivity index (χ4n) is 3.50. The monoisotopic (exact) mass is 462 g/mol. The van der Waals surface area contributed by atoms with Gasteiger partial charge in [-0.2, -0.15) is 15.2 Å². The highest BCUT2D eigenvalue weighted by Gasteiger charge is 2.18. The number of aromatic nitrogens is 7. The van der Waals surface area contributed by atoms with Crippen LogP contribution in [0.25, 0.3) is 11.4 Å². The summed E-state index contributed by atoms with van der Waals surface area (Å²) in [4.78, 5) is 25.2. The SMILES string of the molecule is Cc1c(CCC(=O)c2cnn(C(C)(C)C)c2)ccc(-c2ncnc(Nc3cnn(C)c3)n2)c1F. The molecule has 0 spiro atoms. The molecule has 0 fully saturated rings. The van der Waals surface area contributed by atoms with Gasteiger partial charge in [0.1, 0.15) is 12.1 Å². The maximum Gasteiger partial charge on any atom is 0.230 e. The molecule has 4 aromatic rings. The lowest BCUT2D eigenvalue weighted by atomic mass is 9.98. The molecule has 0 saturated carbocycles. The van der Waals surface area contributed by atoms with Crippen LogP contribution in [0.2, 0.25) is 0 Å². The summed E-state index contributed by atoms with van der Waals surface area (Å²) in [6, 6.07) is 3.46. The zero-order chi connectivity index (χ0) is 24.5. The van der Waals surface area contributed by atoms with Gasteiger partial charge in [0.05, 0.1) is 34.7 Å². The molecule has 10 heteroatoms. The highest BCUT2D eigenvalue weighted by atomic mass is 19.1. The molecule has 0 aliphatic rings. The first kappa shape index (κ1) is 23.2. The van der Waals surface area contributed by atoms with Crippen molar-refractivity contribution in [2.75, 3.05) is 5.32 Å². The molecule has 0 radical (unpaired) electrons. The normalized spacial score (nSPS) is 11.6. The van der Waals surface area contributed by atoms with Crippen molar-refractivity contribution in [2.24, 2.45) is 7.05 Å². The van der Waals surface area contributed by atoms with E-state index in [1.54, 1.807) is 54.2 Å². The van der Waals surface area contributed by atoms with Crippen molar-refractivity contribution >= 4 is 17.4 Å². The van der Waals surface area contributed by atoms with Crippen molar-refractivity contribution in [3.63, 3.8) is 0 Å². The Labute approximate surface area is 197 Å². The van der Waals surface area contributed by atoms with Crippen molar-refractivity contribution in [1.82, 2.24) is 34.5 Å².